The topological polar surface area (TPSA) is 75.7 Å². The van der Waals surface area contributed by atoms with Crippen LogP contribution < -0.4 is 4.72 Å². The molecule has 0 atom stereocenters. The summed E-state index contributed by atoms with van der Waals surface area (Å²) in [6.07, 6.45) is 0.977. The maximum Gasteiger partial charge on any atom is 0.421 e. The number of hydrogen-bond donors (Lipinski definition) is 1. The van der Waals surface area contributed by atoms with Crippen LogP contribution in [0.4, 0.5) is 4.79 Å². The number of halogens is 1. The molecule has 1 fully saturated rings. The molecule has 0 aromatic heterocycles. The highest BCUT2D eigenvalue weighted by Crippen LogP contribution is 2.33. The van der Waals surface area contributed by atoms with E-state index in [0.717, 1.165) is 17.1 Å². The Morgan fingerprint density at radius 2 is 2.12 bits per heavy atom. The first kappa shape index (κ1) is 14.7. The lowest BCUT2D eigenvalue weighted by Crippen LogP contribution is -2.45. The highest BCUT2D eigenvalue weighted by atomic mass is 79.9. The van der Waals surface area contributed by atoms with E-state index in [0.29, 0.717) is 17.3 Å². The number of carbonyl (C=O) groups is 1. The molecule has 0 spiro atoms. The van der Waals surface area contributed by atoms with Crippen LogP contribution in [0.1, 0.15) is 19.8 Å². The van der Waals surface area contributed by atoms with Gasteiger partial charge in [-0.2, -0.15) is 12.7 Å². The molecule has 1 aliphatic carbocycles. The monoisotopic (exact) mass is 328 g/mol. The van der Waals surface area contributed by atoms with Gasteiger partial charge in [-0.15, -0.1) is 0 Å². The first-order valence-corrected chi connectivity index (χ1v) is 7.75. The van der Waals surface area contributed by atoms with Crippen molar-refractivity contribution in [2.75, 3.05) is 20.2 Å². The highest BCUT2D eigenvalue weighted by Gasteiger charge is 2.31. The smallest absolute Gasteiger partial charge is 0.421 e. The summed E-state index contributed by atoms with van der Waals surface area (Å²) in [5.41, 5.74) is 0. The third-order valence-electron chi connectivity index (χ3n) is 2.59. The molecule has 0 radical (unpaired) electrons. The molecule has 1 N–H and O–H groups in total. The molecule has 0 unspecified atom stereocenters. The van der Waals surface area contributed by atoms with Crippen molar-refractivity contribution in [2.45, 2.75) is 24.6 Å². The normalized spacial score (nSPS) is 24.2. The van der Waals surface area contributed by atoms with Gasteiger partial charge in [-0.25, -0.2) is 9.52 Å². The molecule has 6 nitrogen and oxygen atoms in total. The largest absolute Gasteiger partial charge is 0.449 e. The molecule has 0 aromatic carbocycles. The van der Waals surface area contributed by atoms with Gasteiger partial charge in [0.15, 0.2) is 0 Å². The predicted molar refractivity (Wildman–Crippen MR) is 67.1 cm³/mol. The van der Waals surface area contributed by atoms with Gasteiger partial charge in [0.25, 0.3) is 0 Å². The maximum absolute atomic E-state index is 11.7. The molecule has 0 saturated heterocycles. The van der Waals surface area contributed by atoms with Gasteiger partial charge in [0.2, 0.25) is 0 Å². The Morgan fingerprint density at radius 3 is 2.59 bits per heavy atom. The zero-order chi connectivity index (χ0) is 13.1. The number of nitrogens with one attached hydrogen (secondary N) is 1. The van der Waals surface area contributed by atoms with Crippen molar-refractivity contribution >= 4 is 32.2 Å². The number of nitrogens with zero attached hydrogens (tertiary/aromatic N) is 1. The molecular weight excluding hydrogens is 312 g/mol. The molecule has 1 aliphatic rings. The second-order valence-corrected chi connectivity index (χ2v) is 7.12. The molecule has 17 heavy (non-hydrogen) atoms. The fraction of sp³-hybridized carbons (Fsp3) is 0.889. The first-order valence-electron chi connectivity index (χ1n) is 5.40. The molecule has 100 valence electrons. The van der Waals surface area contributed by atoms with Gasteiger partial charge >= 0.3 is 16.3 Å². The van der Waals surface area contributed by atoms with Crippen molar-refractivity contribution in [2.24, 2.45) is 5.92 Å². The Labute approximate surface area is 110 Å². The van der Waals surface area contributed by atoms with E-state index in [-0.39, 0.29) is 6.61 Å². The van der Waals surface area contributed by atoms with Crippen LogP contribution in [0.25, 0.3) is 0 Å². The first-order chi connectivity index (χ1) is 7.85. The third-order valence-corrected chi connectivity index (χ3v) is 4.73. The maximum atomic E-state index is 11.7. The van der Waals surface area contributed by atoms with Crippen LogP contribution in [0, 0.1) is 5.92 Å². The summed E-state index contributed by atoms with van der Waals surface area (Å²) in [5.74, 6) is 0.350. The van der Waals surface area contributed by atoms with Gasteiger partial charge in [-0.3, -0.25) is 0 Å². The van der Waals surface area contributed by atoms with Crippen LogP contribution in [-0.4, -0.2) is 43.8 Å². The lowest BCUT2D eigenvalue weighted by molar-refractivity contribution is 0.158. The van der Waals surface area contributed by atoms with Crippen molar-refractivity contribution in [3.8, 4) is 0 Å². The summed E-state index contributed by atoms with van der Waals surface area (Å²) in [7, 11) is -2.33. The molecule has 0 bridgehead atoms. The minimum atomic E-state index is -3.78. The van der Waals surface area contributed by atoms with E-state index in [4.69, 9.17) is 0 Å². The van der Waals surface area contributed by atoms with Crippen molar-refractivity contribution in [3.63, 3.8) is 0 Å². The fourth-order valence-electron chi connectivity index (χ4n) is 1.61. The van der Waals surface area contributed by atoms with Crippen LogP contribution in [0.2, 0.25) is 0 Å². The number of amides is 1. The molecule has 0 aliphatic heterocycles. The van der Waals surface area contributed by atoms with Gasteiger partial charge in [-0.1, -0.05) is 15.9 Å². The minimum Gasteiger partial charge on any atom is -0.449 e. The van der Waals surface area contributed by atoms with Crippen molar-refractivity contribution in [1.82, 2.24) is 9.03 Å². The Kier molecular flexibility index (Phi) is 5.21. The average molecular weight is 329 g/mol. The summed E-state index contributed by atoms with van der Waals surface area (Å²) in [4.78, 5) is 11.5. The number of carbonyl (C=O) groups excluding carboxylic acids is 1. The summed E-state index contributed by atoms with van der Waals surface area (Å²) in [6.45, 7) is 2.16. The van der Waals surface area contributed by atoms with Gasteiger partial charge in [-0.05, 0) is 25.7 Å². The second-order valence-electron chi connectivity index (χ2n) is 4.04. The van der Waals surface area contributed by atoms with E-state index < -0.39 is 16.3 Å². The van der Waals surface area contributed by atoms with E-state index in [2.05, 4.69) is 20.7 Å². The van der Waals surface area contributed by atoms with Crippen molar-refractivity contribution < 1.29 is 17.9 Å². The number of ether oxygens (including phenoxy) is 1. The number of hydrogen-bond acceptors (Lipinski definition) is 4. The summed E-state index contributed by atoms with van der Waals surface area (Å²) in [5, 5.41) is 0. The third kappa shape index (κ3) is 4.44. The van der Waals surface area contributed by atoms with E-state index >= 15 is 0 Å². The Balaban J connectivity index is 2.43. The molecule has 0 aromatic rings. The lowest BCUT2D eigenvalue weighted by Gasteiger charge is -2.33. The molecule has 0 heterocycles. The summed E-state index contributed by atoms with van der Waals surface area (Å²) in [6, 6.07) is 0. The molecule has 1 saturated carbocycles. The van der Waals surface area contributed by atoms with E-state index in [1.165, 1.54) is 7.05 Å². The minimum absolute atomic E-state index is 0.138. The van der Waals surface area contributed by atoms with E-state index in [9.17, 15) is 13.2 Å². The zero-order valence-electron chi connectivity index (χ0n) is 9.85. The van der Waals surface area contributed by atoms with Gasteiger partial charge in [0.1, 0.15) is 0 Å². The highest BCUT2D eigenvalue weighted by molar-refractivity contribution is 9.09. The standard InChI is InChI=1S/C9H17BrN2O4S/c1-3-16-9(13)11-17(14,15)12(2)6-7-4-8(10)5-7/h7-8H,3-6H2,1-2H3,(H,11,13). The summed E-state index contributed by atoms with van der Waals surface area (Å²) >= 11 is 3.44. The molecule has 8 heteroatoms. The van der Waals surface area contributed by atoms with Crippen LogP contribution in [0.5, 0.6) is 0 Å². The Morgan fingerprint density at radius 1 is 1.53 bits per heavy atom. The zero-order valence-corrected chi connectivity index (χ0v) is 12.3. The molecular formula is C9H17BrN2O4S. The number of rotatable bonds is 5. The number of alkyl halides is 1. The average Bonchev–Trinajstić information content (AvgIpc) is 2.14. The van der Waals surface area contributed by atoms with Crippen LogP contribution in [-0.2, 0) is 14.9 Å². The SMILES string of the molecule is CCOC(=O)NS(=O)(=O)N(C)CC1CC(Br)C1. The van der Waals surface area contributed by atoms with Gasteiger partial charge in [0, 0.05) is 18.4 Å². The van der Waals surface area contributed by atoms with Crippen molar-refractivity contribution in [1.29, 1.82) is 0 Å². The molecule has 1 rings (SSSR count). The lowest BCUT2D eigenvalue weighted by atomic mass is 9.85. The quantitative estimate of drug-likeness (QED) is 0.766. The predicted octanol–water partition coefficient (Wildman–Crippen LogP) is 1.08. The van der Waals surface area contributed by atoms with Crippen LogP contribution >= 0.6 is 15.9 Å². The van der Waals surface area contributed by atoms with Gasteiger partial charge < -0.3 is 4.74 Å². The van der Waals surface area contributed by atoms with E-state index in [1.54, 1.807) is 6.92 Å². The van der Waals surface area contributed by atoms with Crippen molar-refractivity contribution in [3.05, 3.63) is 0 Å². The van der Waals surface area contributed by atoms with Crippen LogP contribution in [0.15, 0.2) is 0 Å². The van der Waals surface area contributed by atoms with E-state index in [1.807, 2.05) is 4.72 Å². The Bertz CT molecular complexity index is 367. The fourth-order valence-corrected chi connectivity index (χ4v) is 3.50. The van der Waals surface area contributed by atoms with Gasteiger partial charge in [0.05, 0.1) is 6.61 Å². The summed E-state index contributed by atoms with van der Waals surface area (Å²) < 4.78 is 30.9. The molecule has 1 amide bonds. The Hall–Kier alpha value is -0.340. The second kappa shape index (κ2) is 6.01. The van der Waals surface area contributed by atoms with Crippen LogP contribution in [0.3, 0.4) is 0 Å².